The van der Waals surface area contributed by atoms with Crippen molar-refractivity contribution in [3.63, 3.8) is 0 Å². The van der Waals surface area contributed by atoms with Crippen LogP contribution in [0, 0.1) is 6.92 Å². The molecule has 3 nitrogen and oxygen atoms in total. The fraction of sp³-hybridized carbons (Fsp3) is 0.125. The highest BCUT2D eigenvalue weighted by molar-refractivity contribution is 5.82. The Labute approximate surface area is 111 Å². The summed E-state index contributed by atoms with van der Waals surface area (Å²) in [6.45, 7) is 1.83. The van der Waals surface area contributed by atoms with Gasteiger partial charge in [0, 0.05) is 23.3 Å². The van der Waals surface area contributed by atoms with Gasteiger partial charge < -0.3 is 4.98 Å². The molecule has 0 atom stereocenters. The van der Waals surface area contributed by atoms with E-state index in [1.165, 1.54) is 5.56 Å². The Morgan fingerprint density at radius 1 is 1.21 bits per heavy atom. The largest absolute Gasteiger partial charge is 0.329 e. The molecule has 2 aromatic heterocycles. The normalized spacial score (nSPS) is 10.8. The number of nitrogens with zero attached hydrogens (tertiary/aromatic N) is 1. The van der Waals surface area contributed by atoms with Crippen LogP contribution in [-0.2, 0) is 6.42 Å². The molecule has 0 saturated heterocycles. The monoisotopic (exact) mass is 250 g/mol. The summed E-state index contributed by atoms with van der Waals surface area (Å²) >= 11 is 0. The van der Waals surface area contributed by atoms with E-state index in [1.807, 2.05) is 43.5 Å². The summed E-state index contributed by atoms with van der Waals surface area (Å²) in [5.41, 5.74) is 4.05. The number of fused-ring (bicyclic) bond motifs is 1. The second kappa shape index (κ2) is 4.69. The number of pyridine rings is 2. The van der Waals surface area contributed by atoms with Gasteiger partial charge in [0.15, 0.2) is 0 Å². The number of H-pyrrole nitrogens is 1. The molecule has 3 rings (SSSR count). The molecule has 0 aliphatic heterocycles. The molecule has 0 aliphatic carbocycles. The van der Waals surface area contributed by atoms with Crippen LogP contribution in [0.1, 0.15) is 16.7 Å². The van der Waals surface area contributed by atoms with Crippen LogP contribution in [0.5, 0.6) is 0 Å². The maximum absolute atomic E-state index is 11.4. The van der Waals surface area contributed by atoms with Gasteiger partial charge in [-0.3, -0.25) is 9.78 Å². The Morgan fingerprint density at radius 2 is 2.05 bits per heavy atom. The minimum Gasteiger partial charge on any atom is -0.329 e. The number of aromatic amines is 1. The molecular weight excluding hydrogens is 236 g/mol. The van der Waals surface area contributed by atoms with Gasteiger partial charge in [0.05, 0.1) is 5.52 Å². The van der Waals surface area contributed by atoms with Gasteiger partial charge in [0.2, 0.25) is 0 Å². The molecule has 94 valence electrons. The van der Waals surface area contributed by atoms with E-state index in [-0.39, 0.29) is 5.56 Å². The molecule has 0 aliphatic rings. The highest BCUT2D eigenvalue weighted by atomic mass is 16.1. The van der Waals surface area contributed by atoms with Gasteiger partial charge >= 0.3 is 0 Å². The van der Waals surface area contributed by atoms with E-state index in [9.17, 15) is 4.79 Å². The average molecular weight is 250 g/mol. The predicted octanol–water partition coefficient (Wildman–Crippen LogP) is 2.82. The molecule has 19 heavy (non-hydrogen) atoms. The lowest BCUT2D eigenvalue weighted by Crippen LogP contribution is -2.09. The number of aromatic nitrogens is 2. The van der Waals surface area contributed by atoms with Crippen LogP contribution in [-0.4, -0.2) is 9.97 Å². The van der Waals surface area contributed by atoms with E-state index in [0.29, 0.717) is 0 Å². The number of rotatable bonds is 2. The summed E-state index contributed by atoms with van der Waals surface area (Å²) in [7, 11) is 0. The van der Waals surface area contributed by atoms with Crippen LogP contribution >= 0.6 is 0 Å². The number of nitrogens with one attached hydrogen (secondary N) is 1. The second-order valence-electron chi connectivity index (χ2n) is 4.68. The molecular formula is C16H14N2O. The Bertz CT molecular complexity index is 785. The van der Waals surface area contributed by atoms with Crippen molar-refractivity contribution in [2.45, 2.75) is 13.3 Å². The third kappa shape index (κ3) is 2.27. The van der Waals surface area contributed by atoms with Crippen LogP contribution in [0.2, 0.25) is 0 Å². The van der Waals surface area contributed by atoms with E-state index in [1.54, 1.807) is 6.20 Å². The third-order valence-corrected chi connectivity index (χ3v) is 3.28. The lowest BCUT2D eigenvalue weighted by Gasteiger charge is -2.06. The SMILES string of the molecule is Cc1cc(Cc2ccnc3ccccc23)c[nH]c1=O. The van der Waals surface area contributed by atoms with Gasteiger partial charge in [0.25, 0.3) is 5.56 Å². The number of aryl methyl sites for hydroxylation is 1. The fourth-order valence-electron chi connectivity index (χ4n) is 2.29. The minimum absolute atomic E-state index is 0.0247. The highest BCUT2D eigenvalue weighted by Gasteiger charge is 2.04. The zero-order valence-electron chi connectivity index (χ0n) is 10.7. The van der Waals surface area contributed by atoms with Crippen molar-refractivity contribution in [1.82, 2.24) is 9.97 Å². The lowest BCUT2D eigenvalue weighted by atomic mass is 10.0. The van der Waals surface area contributed by atoms with E-state index in [0.717, 1.165) is 28.5 Å². The Kier molecular flexibility index (Phi) is 2.88. The van der Waals surface area contributed by atoms with Crippen LogP contribution in [0.3, 0.4) is 0 Å². The zero-order valence-corrected chi connectivity index (χ0v) is 10.7. The average Bonchev–Trinajstić information content (AvgIpc) is 2.43. The van der Waals surface area contributed by atoms with Crippen molar-refractivity contribution in [2.75, 3.05) is 0 Å². The third-order valence-electron chi connectivity index (χ3n) is 3.28. The second-order valence-corrected chi connectivity index (χ2v) is 4.68. The summed E-state index contributed by atoms with van der Waals surface area (Å²) in [4.78, 5) is 18.5. The number of hydrogen-bond acceptors (Lipinski definition) is 2. The summed E-state index contributed by atoms with van der Waals surface area (Å²) in [6.07, 6.45) is 4.40. The molecule has 0 fully saturated rings. The van der Waals surface area contributed by atoms with Gasteiger partial charge in [-0.15, -0.1) is 0 Å². The first-order valence-corrected chi connectivity index (χ1v) is 6.25. The summed E-state index contributed by atoms with van der Waals surface area (Å²) in [5, 5.41) is 1.16. The highest BCUT2D eigenvalue weighted by Crippen LogP contribution is 2.19. The van der Waals surface area contributed by atoms with Crippen LogP contribution in [0.4, 0.5) is 0 Å². The van der Waals surface area contributed by atoms with Crippen molar-refractivity contribution in [3.05, 3.63) is 75.8 Å². The van der Waals surface area contributed by atoms with Crippen LogP contribution < -0.4 is 5.56 Å². The molecule has 0 bridgehead atoms. The molecule has 0 saturated carbocycles. The summed E-state index contributed by atoms with van der Waals surface area (Å²) < 4.78 is 0. The van der Waals surface area contributed by atoms with Crippen LogP contribution in [0.25, 0.3) is 10.9 Å². The molecule has 0 spiro atoms. The fourth-order valence-corrected chi connectivity index (χ4v) is 2.29. The van der Waals surface area contributed by atoms with Crippen molar-refractivity contribution < 1.29 is 0 Å². The predicted molar refractivity (Wildman–Crippen MR) is 76.3 cm³/mol. The van der Waals surface area contributed by atoms with E-state index in [4.69, 9.17) is 0 Å². The Balaban J connectivity index is 2.05. The molecule has 0 unspecified atom stereocenters. The molecule has 1 aromatic carbocycles. The maximum atomic E-state index is 11.4. The maximum Gasteiger partial charge on any atom is 0.250 e. The van der Waals surface area contributed by atoms with E-state index >= 15 is 0 Å². The quantitative estimate of drug-likeness (QED) is 0.760. The van der Waals surface area contributed by atoms with Gasteiger partial charge in [-0.25, -0.2) is 0 Å². The minimum atomic E-state index is -0.0247. The Morgan fingerprint density at radius 3 is 2.89 bits per heavy atom. The summed E-state index contributed by atoms with van der Waals surface area (Å²) in [5.74, 6) is 0. The van der Waals surface area contributed by atoms with Crippen molar-refractivity contribution >= 4 is 10.9 Å². The molecule has 2 heterocycles. The molecule has 0 radical (unpaired) electrons. The van der Waals surface area contributed by atoms with Gasteiger partial charge in [-0.05, 0) is 42.7 Å². The van der Waals surface area contributed by atoms with Gasteiger partial charge in [-0.2, -0.15) is 0 Å². The van der Waals surface area contributed by atoms with Crippen molar-refractivity contribution in [3.8, 4) is 0 Å². The van der Waals surface area contributed by atoms with E-state index in [2.05, 4.69) is 16.0 Å². The van der Waals surface area contributed by atoms with Gasteiger partial charge in [0.1, 0.15) is 0 Å². The molecule has 0 amide bonds. The Hall–Kier alpha value is -2.42. The first-order valence-electron chi connectivity index (χ1n) is 6.25. The standard InChI is InChI=1S/C16H14N2O/c1-11-8-12(10-18-16(11)19)9-13-6-7-17-15-5-3-2-4-14(13)15/h2-8,10H,9H2,1H3,(H,18,19). The molecule has 1 N–H and O–H groups in total. The zero-order chi connectivity index (χ0) is 13.2. The first-order chi connectivity index (χ1) is 9.24. The number of benzene rings is 1. The van der Waals surface area contributed by atoms with Gasteiger partial charge in [-0.1, -0.05) is 18.2 Å². The smallest absolute Gasteiger partial charge is 0.250 e. The van der Waals surface area contributed by atoms with Crippen molar-refractivity contribution in [2.24, 2.45) is 0 Å². The first kappa shape index (κ1) is 11.7. The van der Waals surface area contributed by atoms with Crippen molar-refractivity contribution in [1.29, 1.82) is 0 Å². The number of para-hydroxylation sites is 1. The lowest BCUT2D eigenvalue weighted by molar-refractivity contribution is 1.09. The molecule has 3 aromatic rings. The van der Waals surface area contributed by atoms with E-state index < -0.39 is 0 Å². The van der Waals surface area contributed by atoms with Crippen LogP contribution in [0.15, 0.2) is 53.6 Å². The topological polar surface area (TPSA) is 45.8 Å². The summed E-state index contributed by atoms with van der Waals surface area (Å²) in [6, 6.07) is 12.1. The number of hydrogen-bond donors (Lipinski definition) is 1. The molecule has 3 heteroatoms.